The van der Waals surface area contributed by atoms with E-state index >= 15 is 0 Å². The Labute approximate surface area is 179 Å². The number of piperidine rings is 1. The zero-order chi connectivity index (χ0) is 20.8. The second-order valence-electron chi connectivity index (χ2n) is 7.65. The summed E-state index contributed by atoms with van der Waals surface area (Å²) in [6, 6.07) is 14.5. The Morgan fingerprint density at radius 1 is 1.07 bits per heavy atom. The van der Waals surface area contributed by atoms with E-state index in [9.17, 15) is 0 Å². The molecule has 1 heterocycles. The molecule has 1 aliphatic heterocycles. The standard InChI is InChI=1S/C23H31N3O2S/c1-16-11-13-26(14-12-16)19-7-5-18(6-8-19)17(2)24-23(29)25-21-10-9-20(27-3)15-22(21)28-4/h5-10,15-17H,11-14H2,1-4H3,(H2,24,25,29). The van der Waals surface area contributed by atoms with Gasteiger partial charge in [0.1, 0.15) is 11.5 Å². The minimum atomic E-state index is 0.0923. The molecule has 0 aliphatic carbocycles. The molecule has 156 valence electrons. The van der Waals surface area contributed by atoms with E-state index in [0.29, 0.717) is 10.9 Å². The predicted molar refractivity (Wildman–Crippen MR) is 124 cm³/mol. The SMILES string of the molecule is COc1ccc(NC(=S)NC(C)c2ccc(N3CCC(C)CC3)cc2)c(OC)c1. The van der Waals surface area contributed by atoms with Crippen molar-refractivity contribution in [2.45, 2.75) is 32.7 Å². The molecule has 1 aliphatic rings. The van der Waals surface area contributed by atoms with Crippen LogP contribution >= 0.6 is 12.2 Å². The average Bonchev–Trinajstić information content (AvgIpc) is 2.74. The van der Waals surface area contributed by atoms with Gasteiger partial charge in [0.15, 0.2) is 5.11 Å². The third kappa shape index (κ3) is 5.54. The van der Waals surface area contributed by atoms with Crippen LogP contribution in [0.15, 0.2) is 42.5 Å². The Morgan fingerprint density at radius 2 is 1.76 bits per heavy atom. The van der Waals surface area contributed by atoms with Crippen LogP contribution in [-0.2, 0) is 0 Å². The molecule has 0 amide bonds. The van der Waals surface area contributed by atoms with Gasteiger partial charge in [0.05, 0.1) is 25.9 Å². The third-order valence-corrected chi connectivity index (χ3v) is 5.77. The minimum absolute atomic E-state index is 0.0923. The summed E-state index contributed by atoms with van der Waals surface area (Å²) < 4.78 is 10.7. The fourth-order valence-electron chi connectivity index (χ4n) is 3.58. The van der Waals surface area contributed by atoms with E-state index in [1.54, 1.807) is 14.2 Å². The van der Waals surface area contributed by atoms with Crippen LogP contribution in [0.5, 0.6) is 11.5 Å². The second kappa shape index (κ2) is 9.83. The first-order valence-electron chi connectivity index (χ1n) is 10.1. The van der Waals surface area contributed by atoms with E-state index in [4.69, 9.17) is 21.7 Å². The van der Waals surface area contributed by atoms with Crippen molar-refractivity contribution in [2.75, 3.05) is 37.5 Å². The summed E-state index contributed by atoms with van der Waals surface area (Å²) in [5, 5.41) is 7.11. The van der Waals surface area contributed by atoms with Crippen molar-refractivity contribution in [3.8, 4) is 11.5 Å². The first kappa shape index (κ1) is 21.2. The minimum Gasteiger partial charge on any atom is -0.497 e. The van der Waals surface area contributed by atoms with Crippen molar-refractivity contribution in [1.29, 1.82) is 0 Å². The molecule has 1 fully saturated rings. The Morgan fingerprint density at radius 3 is 2.38 bits per heavy atom. The van der Waals surface area contributed by atoms with Crippen LogP contribution in [0.4, 0.5) is 11.4 Å². The smallest absolute Gasteiger partial charge is 0.171 e. The highest BCUT2D eigenvalue weighted by Crippen LogP contribution is 2.29. The van der Waals surface area contributed by atoms with Crippen molar-refractivity contribution < 1.29 is 9.47 Å². The zero-order valence-electron chi connectivity index (χ0n) is 17.7. The van der Waals surface area contributed by atoms with Crippen LogP contribution in [0.3, 0.4) is 0 Å². The normalized spacial score (nSPS) is 15.5. The zero-order valence-corrected chi connectivity index (χ0v) is 18.5. The molecular formula is C23H31N3O2S. The van der Waals surface area contributed by atoms with Gasteiger partial charge in [-0.15, -0.1) is 0 Å². The molecule has 1 atom stereocenters. The molecular weight excluding hydrogens is 382 g/mol. The van der Waals surface area contributed by atoms with Gasteiger partial charge in [-0.1, -0.05) is 19.1 Å². The summed E-state index contributed by atoms with van der Waals surface area (Å²) in [7, 11) is 3.26. The number of benzene rings is 2. The Balaban J connectivity index is 1.58. The average molecular weight is 414 g/mol. The summed E-state index contributed by atoms with van der Waals surface area (Å²) >= 11 is 5.50. The molecule has 29 heavy (non-hydrogen) atoms. The number of hydrogen-bond donors (Lipinski definition) is 2. The Kier molecular flexibility index (Phi) is 7.20. The van der Waals surface area contributed by atoms with Gasteiger partial charge in [-0.3, -0.25) is 0 Å². The molecule has 0 spiro atoms. The molecule has 1 saturated heterocycles. The van der Waals surface area contributed by atoms with Crippen molar-refractivity contribution in [2.24, 2.45) is 5.92 Å². The maximum atomic E-state index is 5.50. The van der Waals surface area contributed by atoms with E-state index in [0.717, 1.165) is 30.4 Å². The molecule has 0 radical (unpaired) electrons. The Bertz CT molecular complexity index is 817. The summed E-state index contributed by atoms with van der Waals surface area (Å²) in [6.45, 7) is 6.74. The fourth-order valence-corrected chi connectivity index (χ4v) is 3.87. The monoisotopic (exact) mass is 413 g/mol. The number of nitrogens with zero attached hydrogens (tertiary/aromatic N) is 1. The molecule has 1 unspecified atom stereocenters. The van der Waals surface area contributed by atoms with E-state index < -0.39 is 0 Å². The molecule has 0 bridgehead atoms. The molecule has 2 N–H and O–H groups in total. The topological polar surface area (TPSA) is 45.8 Å². The third-order valence-electron chi connectivity index (χ3n) is 5.55. The number of hydrogen-bond acceptors (Lipinski definition) is 4. The van der Waals surface area contributed by atoms with Crippen molar-refractivity contribution in [1.82, 2.24) is 5.32 Å². The first-order valence-corrected chi connectivity index (χ1v) is 10.6. The fraction of sp³-hybridized carbons (Fsp3) is 0.435. The number of nitrogens with one attached hydrogen (secondary N) is 2. The van der Waals surface area contributed by atoms with Gasteiger partial charge in [-0.05, 0) is 67.7 Å². The molecule has 0 saturated carbocycles. The second-order valence-corrected chi connectivity index (χ2v) is 8.06. The first-order chi connectivity index (χ1) is 14.0. The van der Waals surface area contributed by atoms with Gasteiger partial charge in [-0.2, -0.15) is 0 Å². The largest absolute Gasteiger partial charge is 0.497 e. The number of thiocarbonyl (C=S) groups is 1. The lowest BCUT2D eigenvalue weighted by atomic mass is 9.98. The van der Waals surface area contributed by atoms with Crippen LogP contribution in [0.2, 0.25) is 0 Å². The summed E-state index contributed by atoms with van der Waals surface area (Å²) in [5.41, 5.74) is 3.30. The highest BCUT2D eigenvalue weighted by molar-refractivity contribution is 7.80. The highest BCUT2D eigenvalue weighted by Gasteiger charge is 2.16. The lowest BCUT2D eigenvalue weighted by Crippen LogP contribution is -2.33. The van der Waals surface area contributed by atoms with Crippen LogP contribution in [0.25, 0.3) is 0 Å². The predicted octanol–water partition coefficient (Wildman–Crippen LogP) is 4.99. The van der Waals surface area contributed by atoms with E-state index in [2.05, 4.69) is 53.6 Å². The molecule has 0 aromatic heterocycles. The lowest BCUT2D eigenvalue weighted by Gasteiger charge is -2.32. The van der Waals surface area contributed by atoms with E-state index in [1.807, 2.05) is 18.2 Å². The van der Waals surface area contributed by atoms with Crippen LogP contribution in [0, 0.1) is 5.92 Å². The van der Waals surface area contributed by atoms with Crippen molar-refractivity contribution in [3.05, 3.63) is 48.0 Å². The number of rotatable bonds is 6. The van der Waals surface area contributed by atoms with Crippen LogP contribution < -0.4 is 25.0 Å². The van der Waals surface area contributed by atoms with Gasteiger partial charge >= 0.3 is 0 Å². The molecule has 3 rings (SSSR count). The number of methoxy groups -OCH3 is 2. The van der Waals surface area contributed by atoms with Gasteiger partial charge < -0.3 is 25.0 Å². The highest BCUT2D eigenvalue weighted by atomic mass is 32.1. The van der Waals surface area contributed by atoms with Gasteiger partial charge in [-0.25, -0.2) is 0 Å². The molecule has 6 heteroatoms. The maximum absolute atomic E-state index is 5.50. The van der Waals surface area contributed by atoms with E-state index in [-0.39, 0.29) is 6.04 Å². The van der Waals surface area contributed by atoms with Gasteiger partial charge in [0, 0.05) is 24.8 Å². The Hall–Kier alpha value is -2.47. The van der Waals surface area contributed by atoms with Crippen LogP contribution in [-0.4, -0.2) is 32.4 Å². The summed E-state index contributed by atoms with van der Waals surface area (Å²) in [4.78, 5) is 2.48. The summed E-state index contributed by atoms with van der Waals surface area (Å²) in [6.07, 6.45) is 2.54. The quantitative estimate of drug-likeness (QED) is 0.651. The maximum Gasteiger partial charge on any atom is 0.171 e. The molecule has 5 nitrogen and oxygen atoms in total. The van der Waals surface area contributed by atoms with Crippen molar-refractivity contribution in [3.63, 3.8) is 0 Å². The molecule has 2 aromatic rings. The molecule has 2 aromatic carbocycles. The van der Waals surface area contributed by atoms with Crippen LogP contribution in [0.1, 0.15) is 38.3 Å². The lowest BCUT2D eigenvalue weighted by molar-refractivity contribution is 0.395. The summed E-state index contributed by atoms with van der Waals surface area (Å²) in [5.74, 6) is 2.26. The van der Waals surface area contributed by atoms with Crippen molar-refractivity contribution >= 4 is 28.7 Å². The van der Waals surface area contributed by atoms with Gasteiger partial charge in [0.25, 0.3) is 0 Å². The number of anilines is 2. The van der Waals surface area contributed by atoms with Gasteiger partial charge in [0.2, 0.25) is 0 Å². The van der Waals surface area contributed by atoms with E-state index in [1.165, 1.54) is 24.1 Å². The number of ether oxygens (including phenoxy) is 2.